The first-order chi connectivity index (χ1) is 14.6. The average Bonchev–Trinajstić information content (AvgIpc) is 2.79. The minimum Gasteiger partial charge on any atom is -0.497 e. The zero-order chi connectivity index (χ0) is 21.1. The molecule has 1 fully saturated rings. The summed E-state index contributed by atoms with van der Waals surface area (Å²) in [6.45, 7) is 1.83. The van der Waals surface area contributed by atoms with Crippen LogP contribution in [0.1, 0.15) is 46.7 Å². The van der Waals surface area contributed by atoms with Crippen molar-refractivity contribution < 1.29 is 18.7 Å². The van der Waals surface area contributed by atoms with Crippen molar-refractivity contribution in [2.45, 2.75) is 31.6 Å². The lowest BCUT2D eigenvalue weighted by Gasteiger charge is -2.36. The van der Waals surface area contributed by atoms with Crippen LogP contribution in [0, 0.1) is 5.82 Å². The van der Waals surface area contributed by atoms with Gasteiger partial charge in [-0.1, -0.05) is 18.2 Å². The van der Waals surface area contributed by atoms with Crippen LogP contribution in [-0.4, -0.2) is 54.9 Å². The van der Waals surface area contributed by atoms with E-state index in [2.05, 4.69) is 12.1 Å². The van der Waals surface area contributed by atoms with E-state index in [1.165, 1.54) is 23.3 Å². The van der Waals surface area contributed by atoms with Crippen LogP contribution in [-0.2, 0) is 11.2 Å². The van der Waals surface area contributed by atoms with Crippen molar-refractivity contribution >= 4 is 11.8 Å². The number of carbonyl (C=O) groups is 2. The van der Waals surface area contributed by atoms with Crippen molar-refractivity contribution in [3.63, 3.8) is 0 Å². The Hall–Kier alpha value is -2.89. The molecule has 158 valence electrons. The number of benzene rings is 2. The van der Waals surface area contributed by atoms with Crippen molar-refractivity contribution in [2.75, 3.05) is 33.3 Å². The Balaban J connectivity index is 1.35. The van der Waals surface area contributed by atoms with Crippen molar-refractivity contribution in [3.8, 4) is 5.75 Å². The highest BCUT2D eigenvalue weighted by atomic mass is 19.1. The Morgan fingerprint density at radius 1 is 1.07 bits per heavy atom. The summed E-state index contributed by atoms with van der Waals surface area (Å²) in [5.74, 6) is 0.396. The van der Waals surface area contributed by atoms with E-state index in [1.54, 1.807) is 24.1 Å². The van der Waals surface area contributed by atoms with Gasteiger partial charge in [-0.05, 0) is 60.6 Å². The monoisotopic (exact) mass is 410 g/mol. The average molecular weight is 410 g/mol. The Bertz CT molecular complexity index is 938. The van der Waals surface area contributed by atoms with Gasteiger partial charge in [-0.2, -0.15) is 0 Å². The van der Waals surface area contributed by atoms with E-state index in [4.69, 9.17) is 4.74 Å². The minimum atomic E-state index is -0.506. The van der Waals surface area contributed by atoms with Crippen LogP contribution in [0.15, 0.2) is 42.5 Å². The van der Waals surface area contributed by atoms with E-state index in [-0.39, 0.29) is 23.3 Å². The van der Waals surface area contributed by atoms with E-state index in [9.17, 15) is 14.0 Å². The first-order valence-electron chi connectivity index (χ1n) is 10.5. The molecule has 2 aromatic rings. The first kappa shape index (κ1) is 20.4. The lowest BCUT2D eigenvalue weighted by Crippen LogP contribution is -2.51. The molecule has 4 rings (SSSR count). The predicted molar refractivity (Wildman–Crippen MR) is 112 cm³/mol. The minimum absolute atomic E-state index is 0.0894. The van der Waals surface area contributed by atoms with Crippen LogP contribution in [0.5, 0.6) is 5.75 Å². The predicted octanol–water partition coefficient (Wildman–Crippen LogP) is 3.63. The van der Waals surface area contributed by atoms with E-state index in [1.807, 2.05) is 11.0 Å². The van der Waals surface area contributed by atoms with Crippen LogP contribution in [0.2, 0.25) is 0 Å². The topological polar surface area (TPSA) is 49.9 Å². The molecule has 1 aliphatic heterocycles. The second-order valence-corrected chi connectivity index (χ2v) is 8.01. The quantitative estimate of drug-likeness (QED) is 0.774. The summed E-state index contributed by atoms with van der Waals surface area (Å²) < 4.78 is 19.2. The Morgan fingerprint density at radius 2 is 1.80 bits per heavy atom. The molecule has 0 bridgehead atoms. The molecule has 0 saturated carbocycles. The zero-order valence-corrected chi connectivity index (χ0v) is 17.3. The maximum Gasteiger partial charge on any atom is 0.256 e. The molecule has 1 unspecified atom stereocenters. The highest BCUT2D eigenvalue weighted by Crippen LogP contribution is 2.36. The summed E-state index contributed by atoms with van der Waals surface area (Å²) in [5.41, 5.74) is 2.62. The van der Waals surface area contributed by atoms with Gasteiger partial charge < -0.3 is 14.5 Å². The molecular formula is C24H27FN2O3. The molecule has 5 nitrogen and oxygen atoms in total. The number of ether oxygens (including phenoxy) is 1. The summed E-state index contributed by atoms with van der Waals surface area (Å²) in [6.07, 6.45) is 3.59. The van der Waals surface area contributed by atoms with Gasteiger partial charge in [0, 0.05) is 32.6 Å². The van der Waals surface area contributed by atoms with E-state index < -0.39 is 5.82 Å². The molecular weight excluding hydrogens is 383 g/mol. The van der Waals surface area contributed by atoms with E-state index >= 15 is 0 Å². The molecule has 1 aliphatic carbocycles. The SMILES string of the molecule is COc1ccc2c(c1)CCCC2CC(=O)N1CCN(C(=O)c2ccccc2F)CC1. The Labute approximate surface area is 176 Å². The van der Waals surface area contributed by atoms with Crippen LogP contribution in [0.25, 0.3) is 0 Å². The molecule has 0 radical (unpaired) electrons. The lowest BCUT2D eigenvalue weighted by molar-refractivity contribution is -0.133. The van der Waals surface area contributed by atoms with Crippen LogP contribution in [0.4, 0.5) is 4.39 Å². The maximum atomic E-state index is 13.9. The number of rotatable bonds is 4. The molecule has 1 heterocycles. The number of amides is 2. The second kappa shape index (κ2) is 8.86. The highest BCUT2D eigenvalue weighted by molar-refractivity contribution is 5.94. The fraction of sp³-hybridized carbons (Fsp3) is 0.417. The summed E-state index contributed by atoms with van der Waals surface area (Å²) in [5, 5.41) is 0. The van der Waals surface area contributed by atoms with Crippen molar-refractivity contribution in [1.82, 2.24) is 9.80 Å². The van der Waals surface area contributed by atoms with Crippen molar-refractivity contribution in [3.05, 3.63) is 65.0 Å². The van der Waals surface area contributed by atoms with Gasteiger partial charge in [0.05, 0.1) is 12.7 Å². The van der Waals surface area contributed by atoms with E-state index in [0.29, 0.717) is 32.6 Å². The zero-order valence-electron chi connectivity index (χ0n) is 17.3. The van der Waals surface area contributed by atoms with Crippen molar-refractivity contribution in [1.29, 1.82) is 0 Å². The van der Waals surface area contributed by atoms with Gasteiger partial charge in [0.2, 0.25) is 5.91 Å². The van der Waals surface area contributed by atoms with Crippen LogP contribution >= 0.6 is 0 Å². The Morgan fingerprint density at radius 3 is 2.53 bits per heavy atom. The number of methoxy groups -OCH3 is 1. The number of fused-ring (bicyclic) bond motifs is 1. The van der Waals surface area contributed by atoms with Gasteiger partial charge in [-0.3, -0.25) is 9.59 Å². The highest BCUT2D eigenvalue weighted by Gasteiger charge is 2.29. The molecule has 2 aromatic carbocycles. The third-order valence-electron chi connectivity index (χ3n) is 6.23. The molecule has 30 heavy (non-hydrogen) atoms. The molecule has 2 amide bonds. The van der Waals surface area contributed by atoms with Crippen LogP contribution < -0.4 is 4.74 Å². The molecule has 0 aromatic heterocycles. The maximum absolute atomic E-state index is 13.9. The molecule has 0 N–H and O–H groups in total. The van der Waals surface area contributed by atoms with Gasteiger partial charge in [0.25, 0.3) is 5.91 Å². The van der Waals surface area contributed by atoms with E-state index in [0.717, 1.165) is 25.0 Å². The van der Waals surface area contributed by atoms with Gasteiger partial charge >= 0.3 is 0 Å². The second-order valence-electron chi connectivity index (χ2n) is 8.01. The summed E-state index contributed by atoms with van der Waals surface area (Å²) in [7, 11) is 1.67. The van der Waals surface area contributed by atoms with Crippen molar-refractivity contribution in [2.24, 2.45) is 0 Å². The summed E-state index contributed by atoms with van der Waals surface area (Å²) >= 11 is 0. The fourth-order valence-corrected chi connectivity index (χ4v) is 4.53. The number of nitrogens with zero attached hydrogens (tertiary/aromatic N) is 2. The standard InChI is InChI=1S/C24H27FN2O3/c1-30-19-9-10-20-17(15-19)5-4-6-18(20)16-23(28)26-11-13-27(14-12-26)24(29)21-7-2-3-8-22(21)25/h2-3,7-10,15,18H,4-6,11-14,16H2,1H3. The number of halogens is 1. The fourth-order valence-electron chi connectivity index (χ4n) is 4.53. The smallest absolute Gasteiger partial charge is 0.256 e. The third kappa shape index (κ3) is 4.18. The number of aryl methyl sites for hydroxylation is 1. The third-order valence-corrected chi connectivity index (χ3v) is 6.23. The van der Waals surface area contributed by atoms with Gasteiger partial charge in [-0.25, -0.2) is 4.39 Å². The molecule has 6 heteroatoms. The Kier molecular flexibility index (Phi) is 6.02. The first-order valence-corrected chi connectivity index (χ1v) is 10.5. The number of carbonyl (C=O) groups excluding carboxylic acids is 2. The number of hydrogen-bond donors (Lipinski definition) is 0. The number of piperazine rings is 1. The molecule has 1 saturated heterocycles. The van der Waals surface area contributed by atoms with Gasteiger partial charge in [-0.15, -0.1) is 0 Å². The van der Waals surface area contributed by atoms with Crippen LogP contribution in [0.3, 0.4) is 0 Å². The normalized spacial score (nSPS) is 18.7. The summed E-state index contributed by atoms with van der Waals surface area (Å²) in [4.78, 5) is 29.0. The van der Waals surface area contributed by atoms with Gasteiger partial charge in [0.15, 0.2) is 0 Å². The molecule has 1 atom stereocenters. The van der Waals surface area contributed by atoms with Gasteiger partial charge in [0.1, 0.15) is 11.6 Å². The lowest BCUT2D eigenvalue weighted by atomic mass is 9.80. The summed E-state index contributed by atoms with van der Waals surface area (Å²) in [6, 6.07) is 12.2. The molecule has 2 aliphatic rings. The molecule has 0 spiro atoms. The largest absolute Gasteiger partial charge is 0.497 e. The number of hydrogen-bond acceptors (Lipinski definition) is 3.